The van der Waals surface area contributed by atoms with Gasteiger partial charge in [0.15, 0.2) is 0 Å². The molecule has 0 heterocycles. The van der Waals surface area contributed by atoms with E-state index in [0.717, 1.165) is 4.47 Å². The third-order valence-electron chi connectivity index (χ3n) is 1.67. The Balaban J connectivity index is 2.94. The van der Waals surface area contributed by atoms with E-state index in [1.54, 1.807) is 37.4 Å². The number of anilines is 1. The first-order chi connectivity index (χ1) is 7.71. The molecule has 0 spiro atoms. The number of nitrogens with one attached hydrogen (secondary N) is 1. The molecule has 0 fully saturated rings. The predicted molar refractivity (Wildman–Crippen MR) is 63.0 cm³/mol. The maximum atomic E-state index is 8.49. The van der Waals surface area contributed by atoms with Crippen LogP contribution in [0.2, 0.25) is 0 Å². The van der Waals surface area contributed by atoms with Gasteiger partial charge in [0.2, 0.25) is 5.71 Å². The zero-order chi connectivity index (χ0) is 12.0. The Kier molecular flexibility index (Phi) is 4.31. The second-order valence-corrected chi connectivity index (χ2v) is 3.50. The smallest absolute Gasteiger partial charge is 0.237 e. The van der Waals surface area contributed by atoms with Gasteiger partial charge in [0.1, 0.15) is 17.9 Å². The highest BCUT2D eigenvalue weighted by molar-refractivity contribution is 9.10. The number of hydrogen-bond donors (Lipinski definition) is 1. The third-order valence-corrected chi connectivity index (χ3v) is 2.36. The first kappa shape index (κ1) is 12.0. The van der Waals surface area contributed by atoms with E-state index in [1.165, 1.54) is 0 Å². The van der Waals surface area contributed by atoms with Crippen molar-refractivity contribution in [3.63, 3.8) is 0 Å². The lowest BCUT2D eigenvalue weighted by molar-refractivity contribution is 0.415. The van der Waals surface area contributed by atoms with Crippen LogP contribution in [0, 0.1) is 22.7 Å². The van der Waals surface area contributed by atoms with E-state index < -0.39 is 0 Å². The number of rotatable bonds is 3. The highest BCUT2D eigenvalue weighted by Gasteiger charge is 2.01. The Morgan fingerprint density at radius 2 is 2.12 bits per heavy atom. The molecule has 16 heavy (non-hydrogen) atoms. The molecular weight excluding hydrogens is 272 g/mol. The molecule has 0 saturated carbocycles. The fourth-order valence-corrected chi connectivity index (χ4v) is 1.24. The minimum Gasteiger partial charge on any atom is -0.497 e. The number of halogens is 1. The van der Waals surface area contributed by atoms with Crippen LogP contribution in [0.1, 0.15) is 0 Å². The Bertz CT molecular complexity index is 483. The van der Waals surface area contributed by atoms with Gasteiger partial charge in [-0.05, 0) is 28.1 Å². The van der Waals surface area contributed by atoms with Gasteiger partial charge in [-0.15, -0.1) is 0 Å². The average Bonchev–Trinajstić information content (AvgIpc) is 2.32. The van der Waals surface area contributed by atoms with Crippen molar-refractivity contribution in [2.24, 2.45) is 5.10 Å². The van der Waals surface area contributed by atoms with E-state index >= 15 is 0 Å². The maximum Gasteiger partial charge on any atom is 0.237 e. The van der Waals surface area contributed by atoms with Crippen molar-refractivity contribution in [3.8, 4) is 17.9 Å². The Morgan fingerprint density at radius 1 is 1.44 bits per heavy atom. The van der Waals surface area contributed by atoms with Gasteiger partial charge in [0, 0.05) is 10.5 Å². The van der Waals surface area contributed by atoms with Gasteiger partial charge in [-0.1, -0.05) is 0 Å². The fraction of sp³-hybridized carbons (Fsp3) is 0.100. The van der Waals surface area contributed by atoms with Crippen LogP contribution in [-0.4, -0.2) is 12.8 Å². The van der Waals surface area contributed by atoms with Crippen LogP contribution in [0.15, 0.2) is 27.8 Å². The van der Waals surface area contributed by atoms with E-state index in [0.29, 0.717) is 11.4 Å². The summed E-state index contributed by atoms with van der Waals surface area (Å²) in [7, 11) is 1.55. The maximum absolute atomic E-state index is 8.49. The second kappa shape index (κ2) is 5.74. The normalized spacial score (nSPS) is 8.50. The highest BCUT2D eigenvalue weighted by atomic mass is 79.9. The molecule has 6 heteroatoms. The van der Waals surface area contributed by atoms with Crippen LogP contribution in [-0.2, 0) is 0 Å². The number of methoxy groups -OCH3 is 1. The van der Waals surface area contributed by atoms with E-state index in [-0.39, 0.29) is 5.71 Å². The molecule has 0 saturated heterocycles. The standard InChI is InChI=1S/C10H7BrN4O/c1-16-8-2-3-9(11)10(4-8)15-14-7(5-12)6-13/h2-4,15H,1H3. The first-order valence-electron chi connectivity index (χ1n) is 4.18. The molecule has 0 aliphatic rings. The number of ether oxygens (including phenoxy) is 1. The van der Waals surface area contributed by atoms with Crippen LogP contribution in [0.25, 0.3) is 0 Å². The summed E-state index contributed by atoms with van der Waals surface area (Å²) in [6, 6.07) is 8.54. The molecule has 0 aromatic heterocycles. The van der Waals surface area contributed by atoms with E-state index in [4.69, 9.17) is 15.3 Å². The molecule has 0 amide bonds. The van der Waals surface area contributed by atoms with E-state index in [2.05, 4.69) is 26.5 Å². The summed E-state index contributed by atoms with van der Waals surface area (Å²) in [4.78, 5) is 0. The number of hydrogen-bond acceptors (Lipinski definition) is 5. The van der Waals surface area contributed by atoms with Gasteiger partial charge in [0.25, 0.3) is 0 Å². The van der Waals surface area contributed by atoms with Crippen LogP contribution < -0.4 is 10.2 Å². The summed E-state index contributed by atoms with van der Waals surface area (Å²) in [6.07, 6.45) is 0. The molecule has 80 valence electrons. The lowest BCUT2D eigenvalue weighted by Gasteiger charge is -2.05. The average molecular weight is 279 g/mol. The largest absolute Gasteiger partial charge is 0.497 e. The van der Waals surface area contributed by atoms with Gasteiger partial charge < -0.3 is 4.74 Å². The number of hydrazone groups is 1. The molecule has 1 aromatic rings. The van der Waals surface area contributed by atoms with Gasteiger partial charge in [-0.25, -0.2) is 0 Å². The summed E-state index contributed by atoms with van der Waals surface area (Å²) in [5.41, 5.74) is 2.98. The Labute approximate surface area is 101 Å². The lowest BCUT2D eigenvalue weighted by Crippen LogP contribution is -1.97. The fourth-order valence-electron chi connectivity index (χ4n) is 0.908. The molecule has 0 radical (unpaired) electrons. The minimum atomic E-state index is -0.241. The summed E-state index contributed by atoms with van der Waals surface area (Å²) in [5.74, 6) is 0.649. The summed E-state index contributed by atoms with van der Waals surface area (Å²) in [5, 5.41) is 20.6. The quantitative estimate of drug-likeness (QED) is 0.679. The van der Waals surface area contributed by atoms with Crippen molar-refractivity contribution in [2.45, 2.75) is 0 Å². The van der Waals surface area contributed by atoms with Gasteiger partial charge in [-0.2, -0.15) is 15.6 Å². The summed E-state index contributed by atoms with van der Waals surface area (Å²) < 4.78 is 5.79. The summed E-state index contributed by atoms with van der Waals surface area (Å²) >= 11 is 3.30. The molecule has 0 aliphatic carbocycles. The van der Waals surface area contributed by atoms with Crippen molar-refractivity contribution in [1.29, 1.82) is 10.5 Å². The van der Waals surface area contributed by atoms with Crippen LogP contribution in [0.3, 0.4) is 0 Å². The van der Waals surface area contributed by atoms with Crippen molar-refractivity contribution in [3.05, 3.63) is 22.7 Å². The lowest BCUT2D eigenvalue weighted by atomic mass is 10.3. The SMILES string of the molecule is COc1ccc(Br)c(NN=C(C#N)C#N)c1. The summed E-state index contributed by atoms with van der Waals surface area (Å²) in [6.45, 7) is 0. The monoisotopic (exact) mass is 278 g/mol. The molecule has 0 aliphatic heterocycles. The molecule has 0 unspecified atom stereocenters. The van der Waals surface area contributed by atoms with Crippen molar-refractivity contribution >= 4 is 27.3 Å². The van der Waals surface area contributed by atoms with E-state index in [1.807, 2.05) is 0 Å². The molecule has 1 rings (SSSR count). The third kappa shape index (κ3) is 2.97. The minimum absolute atomic E-state index is 0.241. The molecule has 0 bridgehead atoms. The zero-order valence-electron chi connectivity index (χ0n) is 8.36. The Morgan fingerprint density at radius 3 is 2.69 bits per heavy atom. The van der Waals surface area contributed by atoms with Crippen LogP contribution in [0.4, 0.5) is 5.69 Å². The topological polar surface area (TPSA) is 81.2 Å². The molecule has 0 atom stereocenters. The Hall–Kier alpha value is -2.05. The molecular formula is C10H7BrN4O. The van der Waals surface area contributed by atoms with Crippen LogP contribution in [0.5, 0.6) is 5.75 Å². The van der Waals surface area contributed by atoms with Gasteiger partial charge in [-0.3, -0.25) is 5.43 Å². The second-order valence-electron chi connectivity index (χ2n) is 2.64. The van der Waals surface area contributed by atoms with Gasteiger partial charge >= 0.3 is 0 Å². The molecule has 1 N–H and O–H groups in total. The highest BCUT2D eigenvalue weighted by Crippen LogP contribution is 2.26. The number of nitriles is 2. The van der Waals surface area contributed by atoms with Crippen molar-refractivity contribution in [2.75, 3.05) is 12.5 Å². The van der Waals surface area contributed by atoms with Crippen LogP contribution >= 0.6 is 15.9 Å². The van der Waals surface area contributed by atoms with E-state index in [9.17, 15) is 0 Å². The number of nitrogens with zero attached hydrogens (tertiary/aromatic N) is 3. The first-order valence-corrected chi connectivity index (χ1v) is 4.98. The van der Waals surface area contributed by atoms with Crippen molar-refractivity contribution in [1.82, 2.24) is 0 Å². The molecule has 1 aromatic carbocycles. The zero-order valence-corrected chi connectivity index (χ0v) is 9.95. The number of benzene rings is 1. The van der Waals surface area contributed by atoms with Crippen molar-refractivity contribution < 1.29 is 4.74 Å². The van der Waals surface area contributed by atoms with Gasteiger partial charge in [0.05, 0.1) is 12.8 Å². The predicted octanol–water partition coefficient (Wildman–Crippen LogP) is 2.27. The molecule has 5 nitrogen and oxygen atoms in total.